The number of hydrogen-bond acceptors (Lipinski definition) is 1. The Kier molecular flexibility index (Phi) is 6.61. The normalized spacial score (nSPS) is 20.6. The highest BCUT2D eigenvalue weighted by molar-refractivity contribution is 5.69. The van der Waals surface area contributed by atoms with Gasteiger partial charge in [-0.3, -0.25) is 0 Å². The van der Waals surface area contributed by atoms with Gasteiger partial charge >= 0.3 is 1.43 Å². The van der Waals surface area contributed by atoms with E-state index in [-0.39, 0.29) is 1.43 Å². The molecule has 1 nitrogen and oxygen atoms in total. The lowest BCUT2D eigenvalue weighted by Crippen LogP contribution is -2.19. The first kappa shape index (κ1) is 17.4. The van der Waals surface area contributed by atoms with Crippen molar-refractivity contribution in [2.24, 2.45) is 5.41 Å². The first-order chi connectivity index (χ1) is 9.86. The van der Waals surface area contributed by atoms with E-state index >= 15 is 0 Å². The van der Waals surface area contributed by atoms with E-state index < -0.39 is 0 Å². The van der Waals surface area contributed by atoms with E-state index in [4.69, 9.17) is 5.41 Å². The predicted octanol–water partition coefficient (Wildman–Crippen LogP) is 6.28. The Morgan fingerprint density at radius 1 is 1.14 bits per heavy atom. The van der Waals surface area contributed by atoms with Crippen LogP contribution >= 0.6 is 0 Å². The van der Waals surface area contributed by atoms with Crippen LogP contribution in [-0.4, -0.2) is 6.21 Å². The number of rotatable bonds is 5. The van der Waals surface area contributed by atoms with Gasteiger partial charge in [0.15, 0.2) is 0 Å². The van der Waals surface area contributed by atoms with Gasteiger partial charge in [0.05, 0.1) is 0 Å². The van der Waals surface area contributed by atoms with Crippen molar-refractivity contribution < 1.29 is 1.43 Å². The highest BCUT2D eigenvalue weighted by atomic mass is 14.3. The minimum absolute atomic E-state index is 0. The monoisotopic (exact) mass is 284 g/mol. The summed E-state index contributed by atoms with van der Waals surface area (Å²) >= 11 is 0. The Morgan fingerprint density at radius 3 is 2.43 bits per heavy atom. The molecule has 0 atom stereocenters. The first-order valence-electron chi connectivity index (χ1n) is 7.77. The van der Waals surface area contributed by atoms with Crippen molar-refractivity contribution in [2.75, 3.05) is 0 Å². The second-order valence-electron chi connectivity index (χ2n) is 6.61. The SMILES string of the molecule is CC1=C(/C=C/C(C)=C\C=C\C(C)=C\C=N)C(C)(C)CCC1.[H+]. The molecular weight excluding hydrogens is 254 g/mol. The van der Waals surface area contributed by atoms with Crippen LogP contribution in [-0.2, 0) is 0 Å². The van der Waals surface area contributed by atoms with Gasteiger partial charge in [0.2, 0.25) is 0 Å². The number of nitrogens with one attached hydrogen (secondary N) is 1. The van der Waals surface area contributed by atoms with E-state index in [2.05, 4.69) is 45.9 Å². The van der Waals surface area contributed by atoms with E-state index in [1.54, 1.807) is 6.08 Å². The lowest BCUT2D eigenvalue weighted by Gasteiger charge is -2.32. The molecule has 0 spiro atoms. The summed E-state index contributed by atoms with van der Waals surface area (Å²) in [4.78, 5) is 0. The zero-order valence-corrected chi connectivity index (χ0v) is 14.2. The van der Waals surface area contributed by atoms with Gasteiger partial charge in [-0.15, -0.1) is 0 Å². The fourth-order valence-corrected chi connectivity index (χ4v) is 2.82. The molecule has 0 heterocycles. The van der Waals surface area contributed by atoms with Crippen LogP contribution < -0.4 is 0 Å². The lowest BCUT2D eigenvalue weighted by molar-refractivity contribution is 0.377. The molecule has 0 radical (unpaired) electrons. The molecule has 0 saturated heterocycles. The summed E-state index contributed by atoms with van der Waals surface area (Å²) < 4.78 is 0. The smallest absolute Gasteiger partial charge is 0.309 e. The molecule has 1 rings (SSSR count). The second kappa shape index (κ2) is 7.97. The van der Waals surface area contributed by atoms with Crippen molar-refractivity contribution in [3.8, 4) is 0 Å². The molecule has 0 aromatic heterocycles. The molecule has 1 aliphatic carbocycles. The van der Waals surface area contributed by atoms with Crippen molar-refractivity contribution in [1.82, 2.24) is 0 Å². The fourth-order valence-electron chi connectivity index (χ4n) is 2.82. The zero-order valence-electron chi connectivity index (χ0n) is 15.2. The summed E-state index contributed by atoms with van der Waals surface area (Å²) in [5.41, 5.74) is 5.68. The van der Waals surface area contributed by atoms with Crippen molar-refractivity contribution in [1.29, 1.82) is 5.41 Å². The fraction of sp³-hybridized carbons (Fsp3) is 0.450. The van der Waals surface area contributed by atoms with Crippen LogP contribution in [0.2, 0.25) is 0 Å². The highest BCUT2D eigenvalue weighted by Crippen LogP contribution is 2.40. The van der Waals surface area contributed by atoms with Crippen LogP contribution in [0.3, 0.4) is 0 Å². The summed E-state index contributed by atoms with van der Waals surface area (Å²) in [6.07, 6.45) is 17.6. The van der Waals surface area contributed by atoms with Gasteiger partial charge in [-0.2, -0.15) is 0 Å². The Labute approximate surface area is 131 Å². The highest BCUT2D eigenvalue weighted by Gasteiger charge is 2.26. The van der Waals surface area contributed by atoms with E-state index in [1.807, 2.05) is 19.1 Å². The minimum Gasteiger partial charge on any atom is -0.309 e. The van der Waals surface area contributed by atoms with E-state index in [9.17, 15) is 0 Å². The molecule has 0 fully saturated rings. The zero-order chi connectivity index (χ0) is 15.9. The van der Waals surface area contributed by atoms with Gasteiger partial charge in [-0.25, -0.2) is 0 Å². The largest absolute Gasteiger partial charge is 1.00 e. The maximum absolute atomic E-state index is 7.02. The van der Waals surface area contributed by atoms with Crippen LogP contribution in [0.25, 0.3) is 0 Å². The molecule has 1 aliphatic rings. The van der Waals surface area contributed by atoms with Gasteiger partial charge in [-0.1, -0.05) is 55.4 Å². The minimum atomic E-state index is 0. The first-order valence-corrected chi connectivity index (χ1v) is 7.77. The van der Waals surface area contributed by atoms with Crippen molar-refractivity contribution >= 4 is 6.21 Å². The molecule has 0 bridgehead atoms. The topological polar surface area (TPSA) is 23.9 Å². The van der Waals surface area contributed by atoms with Gasteiger partial charge in [0.25, 0.3) is 0 Å². The Morgan fingerprint density at radius 2 is 1.81 bits per heavy atom. The van der Waals surface area contributed by atoms with Gasteiger partial charge in [0, 0.05) is 6.21 Å². The summed E-state index contributed by atoms with van der Waals surface area (Å²) in [5.74, 6) is 0. The predicted molar refractivity (Wildman–Crippen MR) is 96.0 cm³/mol. The molecule has 1 heteroatoms. The number of hydrogen-bond donors (Lipinski definition) is 1. The van der Waals surface area contributed by atoms with Crippen LogP contribution in [0.15, 0.2) is 58.7 Å². The average Bonchev–Trinajstić information content (AvgIpc) is 2.37. The molecule has 1 N–H and O–H groups in total. The summed E-state index contributed by atoms with van der Waals surface area (Å²) in [6, 6.07) is 0. The van der Waals surface area contributed by atoms with Gasteiger partial charge in [-0.05, 0) is 62.7 Å². The second-order valence-corrected chi connectivity index (χ2v) is 6.61. The quantitative estimate of drug-likeness (QED) is 0.454. The third kappa shape index (κ3) is 5.71. The molecule has 0 aromatic carbocycles. The van der Waals surface area contributed by atoms with Gasteiger partial charge < -0.3 is 5.41 Å². The van der Waals surface area contributed by atoms with Crippen molar-refractivity contribution in [2.45, 2.75) is 53.9 Å². The summed E-state index contributed by atoms with van der Waals surface area (Å²) in [7, 11) is 0. The summed E-state index contributed by atoms with van der Waals surface area (Å²) in [6.45, 7) is 11.1. The number of allylic oxidation sites excluding steroid dienone is 10. The molecule has 114 valence electrons. The standard InChI is InChI=1S/C20H29N/c1-16(8-6-9-17(2)13-15-21)11-12-19-18(3)10-7-14-20(19,4)5/h6,8-9,11-13,15,21H,7,10,14H2,1-5H3/p+1/b9-6+,12-11+,16-8-,17-13+,21-15?. The third-order valence-electron chi connectivity index (χ3n) is 4.12. The Hall–Kier alpha value is -1.63. The maximum atomic E-state index is 7.02. The maximum Gasteiger partial charge on any atom is 1.00 e. The average molecular weight is 284 g/mol. The van der Waals surface area contributed by atoms with Crippen LogP contribution in [0.1, 0.15) is 55.3 Å². The molecule has 21 heavy (non-hydrogen) atoms. The lowest BCUT2D eigenvalue weighted by atomic mass is 9.72. The van der Waals surface area contributed by atoms with Crippen LogP contribution in [0.4, 0.5) is 0 Å². The molecule has 0 aromatic rings. The van der Waals surface area contributed by atoms with E-state index in [0.717, 1.165) is 5.57 Å². The Balaban J connectivity index is 0.00000441. The van der Waals surface area contributed by atoms with Crippen LogP contribution in [0, 0.1) is 10.8 Å². The third-order valence-corrected chi connectivity index (χ3v) is 4.12. The van der Waals surface area contributed by atoms with Crippen LogP contribution in [0.5, 0.6) is 0 Å². The molecule has 0 aliphatic heterocycles. The molecular formula is C20H30N+. The van der Waals surface area contributed by atoms with E-state index in [1.165, 1.54) is 42.2 Å². The van der Waals surface area contributed by atoms with Gasteiger partial charge in [0.1, 0.15) is 0 Å². The molecule has 0 amide bonds. The van der Waals surface area contributed by atoms with Crippen molar-refractivity contribution in [3.05, 3.63) is 58.7 Å². The Bertz CT molecular complexity index is 528. The molecule has 0 unspecified atom stereocenters. The molecule has 0 saturated carbocycles. The summed E-state index contributed by atoms with van der Waals surface area (Å²) in [5, 5.41) is 7.02. The van der Waals surface area contributed by atoms with Crippen molar-refractivity contribution in [3.63, 3.8) is 0 Å². The van der Waals surface area contributed by atoms with E-state index in [0.29, 0.717) is 5.41 Å².